The SMILES string of the molecule is O=C(NNC(=O)c1ccn(-c2ccc(F)cc2)n1)c1ccccc1. The average molecular weight is 324 g/mol. The van der Waals surface area contributed by atoms with Crippen LogP contribution in [0.25, 0.3) is 5.69 Å². The predicted octanol–water partition coefficient (Wildman–Crippen LogP) is 2.09. The standard InChI is InChI=1S/C17H13FN4O2/c18-13-6-8-14(9-7-13)22-11-10-15(21-22)17(24)20-19-16(23)12-4-2-1-3-5-12/h1-11H,(H,19,23)(H,20,24). The number of carbonyl (C=O) groups excluding carboxylic acids is 2. The number of hydrogen-bond acceptors (Lipinski definition) is 3. The van der Waals surface area contributed by atoms with Crippen molar-refractivity contribution in [2.75, 3.05) is 0 Å². The van der Waals surface area contributed by atoms with E-state index in [1.807, 2.05) is 0 Å². The van der Waals surface area contributed by atoms with Crippen molar-refractivity contribution < 1.29 is 14.0 Å². The molecule has 7 heteroatoms. The summed E-state index contributed by atoms with van der Waals surface area (Å²) in [6.45, 7) is 0. The Morgan fingerprint density at radius 2 is 1.54 bits per heavy atom. The third-order valence-electron chi connectivity index (χ3n) is 3.24. The lowest BCUT2D eigenvalue weighted by atomic mass is 10.2. The number of hydrazine groups is 1. The van der Waals surface area contributed by atoms with Crippen LogP contribution in [0.1, 0.15) is 20.8 Å². The molecule has 2 N–H and O–H groups in total. The first-order valence-electron chi connectivity index (χ1n) is 7.11. The molecule has 0 saturated heterocycles. The van der Waals surface area contributed by atoms with Crippen molar-refractivity contribution in [2.45, 2.75) is 0 Å². The molecule has 0 unspecified atom stereocenters. The van der Waals surface area contributed by atoms with Crippen molar-refractivity contribution in [1.82, 2.24) is 20.6 Å². The largest absolute Gasteiger partial charge is 0.290 e. The number of nitrogens with zero attached hydrogens (tertiary/aromatic N) is 2. The van der Waals surface area contributed by atoms with Gasteiger partial charge in [0.1, 0.15) is 5.82 Å². The first-order chi connectivity index (χ1) is 11.6. The molecule has 0 aliphatic heterocycles. The summed E-state index contributed by atoms with van der Waals surface area (Å²) in [6, 6.07) is 15.7. The van der Waals surface area contributed by atoms with Gasteiger partial charge in [-0.05, 0) is 42.5 Å². The highest BCUT2D eigenvalue weighted by Gasteiger charge is 2.12. The van der Waals surface area contributed by atoms with Crippen LogP contribution in [0.3, 0.4) is 0 Å². The normalized spacial score (nSPS) is 10.2. The molecule has 120 valence electrons. The zero-order valence-electron chi connectivity index (χ0n) is 12.4. The Balaban J connectivity index is 1.64. The molecule has 1 aromatic heterocycles. The molecule has 0 spiro atoms. The van der Waals surface area contributed by atoms with E-state index >= 15 is 0 Å². The van der Waals surface area contributed by atoms with Gasteiger partial charge in [0, 0.05) is 11.8 Å². The lowest BCUT2D eigenvalue weighted by Crippen LogP contribution is -2.41. The van der Waals surface area contributed by atoms with Crippen LogP contribution in [0.4, 0.5) is 4.39 Å². The van der Waals surface area contributed by atoms with Gasteiger partial charge in [-0.1, -0.05) is 18.2 Å². The van der Waals surface area contributed by atoms with Gasteiger partial charge in [-0.25, -0.2) is 9.07 Å². The van der Waals surface area contributed by atoms with E-state index < -0.39 is 11.8 Å². The third kappa shape index (κ3) is 3.46. The number of amides is 2. The lowest BCUT2D eigenvalue weighted by molar-refractivity contribution is 0.0843. The Morgan fingerprint density at radius 3 is 2.25 bits per heavy atom. The van der Waals surface area contributed by atoms with Crippen LogP contribution < -0.4 is 10.9 Å². The zero-order chi connectivity index (χ0) is 16.9. The Hall–Kier alpha value is -3.48. The molecule has 6 nitrogen and oxygen atoms in total. The minimum atomic E-state index is -0.555. The van der Waals surface area contributed by atoms with Gasteiger partial charge < -0.3 is 0 Å². The first-order valence-corrected chi connectivity index (χ1v) is 7.11. The van der Waals surface area contributed by atoms with Gasteiger partial charge in [-0.3, -0.25) is 20.4 Å². The van der Waals surface area contributed by atoms with Crippen molar-refractivity contribution in [3.8, 4) is 5.69 Å². The first kappa shape index (κ1) is 15.4. The number of nitrogens with one attached hydrogen (secondary N) is 2. The molecule has 2 aromatic carbocycles. The molecule has 3 rings (SSSR count). The summed E-state index contributed by atoms with van der Waals surface area (Å²) in [5, 5.41) is 4.09. The smallest absolute Gasteiger partial charge is 0.267 e. The predicted molar refractivity (Wildman–Crippen MR) is 84.9 cm³/mol. The van der Waals surface area contributed by atoms with Gasteiger partial charge in [0.25, 0.3) is 11.8 Å². The summed E-state index contributed by atoms with van der Waals surface area (Å²) in [5.74, 6) is -1.34. The van der Waals surface area contributed by atoms with Gasteiger partial charge in [-0.15, -0.1) is 0 Å². The van der Waals surface area contributed by atoms with Crippen molar-refractivity contribution in [3.63, 3.8) is 0 Å². The molecule has 2 amide bonds. The molecule has 0 radical (unpaired) electrons. The Morgan fingerprint density at radius 1 is 0.875 bits per heavy atom. The Labute approximate surface area is 136 Å². The molecule has 1 heterocycles. The van der Waals surface area contributed by atoms with Crippen molar-refractivity contribution in [2.24, 2.45) is 0 Å². The van der Waals surface area contributed by atoms with E-state index in [1.54, 1.807) is 48.7 Å². The molecule has 0 bridgehead atoms. The summed E-state index contributed by atoms with van der Waals surface area (Å²) in [5.41, 5.74) is 5.77. The fourth-order valence-electron chi connectivity index (χ4n) is 2.02. The summed E-state index contributed by atoms with van der Waals surface area (Å²) >= 11 is 0. The van der Waals surface area contributed by atoms with E-state index in [-0.39, 0.29) is 11.5 Å². The van der Waals surface area contributed by atoms with E-state index in [1.165, 1.54) is 22.9 Å². The van der Waals surface area contributed by atoms with Crippen LogP contribution >= 0.6 is 0 Å². The fourth-order valence-corrected chi connectivity index (χ4v) is 2.02. The highest BCUT2D eigenvalue weighted by molar-refractivity contribution is 5.98. The van der Waals surface area contributed by atoms with Crippen molar-refractivity contribution in [1.29, 1.82) is 0 Å². The number of rotatable bonds is 3. The average Bonchev–Trinajstić information content (AvgIpc) is 3.11. The lowest BCUT2D eigenvalue weighted by Gasteiger charge is -2.05. The van der Waals surface area contributed by atoms with E-state index in [9.17, 15) is 14.0 Å². The van der Waals surface area contributed by atoms with E-state index in [2.05, 4.69) is 16.0 Å². The molecule has 0 atom stereocenters. The Bertz CT molecular complexity index is 860. The van der Waals surface area contributed by atoms with Gasteiger partial charge in [0.15, 0.2) is 5.69 Å². The summed E-state index contributed by atoms with van der Waals surface area (Å²) in [7, 11) is 0. The molecular weight excluding hydrogens is 311 g/mol. The van der Waals surface area contributed by atoms with Gasteiger partial charge in [-0.2, -0.15) is 5.10 Å². The topological polar surface area (TPSA) is 76.0 Å². The van der Waals surface area contributed by atoms with Gasteiger partial charge in [0.05, 0.1) is 5.69 Å². The van der Waals surface area contributed by atoms with Crippen LogP contribution in [0, 0.1) is 5.82 Å². The number of carbonyl (C=O) groups is 2. The number of aromatic nitrogens is 2. The number of hydrogen-bond donors (Lipinski definition) is 2. The quantitative estimate of drug-likeness (QED) is 0.724. The van der Waals surface area contributed by atoms with Gasteiger partial charge >= 0.3 is 0 Å². The van der Waals surface area contributed by atoms with Crippen LogP contribution in [0.2, 0.25) is 0 Å². The molecule has 0 fully saturated rings. The number of benzene rings is 2. The summed E-state index contributed by atoms with van der Waals surface area (Å²) in [6.07, 6.45) is 1.57. The molecule has 3 aromatic rings. The summed E-state index contributed by atoms with van der Waals surface area (Å²) < 4.78 is 14.4. The van der Waals surface area contributed by atoms with E-state index in [0.717, 1.165) is 0 Å². The van der Waals surface area contributed by atoms with Crippen LogP contribution in [-0.2, 0) is 0 Å². The monoisotopic (exact) mass is 324 g/mol. The third-order valence-corrected chi connectivity index (χ3v) is 3.24. The number of halogens is 1. The minimum absolute atomic E-state index is 0.118. The molecule has 0 saturated carbocycles. The highest BCUT2D eigenvalue weighted by atomic mass is 19.1. The Kier molecular flexibility index (Phi) is 4.33. The van der Waals surface area contributed by atoms with E-state index in [0.29, 0.717) is 11.3 Å². The maximum absolute atomic E-state index is 12.9. The van der Waals surface area contributed by atoms with Crippen molar-refractivity contribution in [3.05, 3.63) is 83.9 Å². The van der Waals surface area contributed by atoms with Crippen LogP contribution in [-0.4, -0.2) is 21.6 Å². The van der Waals surface area contributed by atoms with Gasteiger partial charge in [0.2, 0.25) is 0 Å². The van der Waals surface area contributed by atoms with E-state index in [4.69, 9.17) is 0 Å². The molecule has 0 aliphatic carbocycles. The second-order valence-corrected chi connectivity index (χ2v) is 4.90. The fraction of sp³-hybridized carbons (Fsp3) is 0. The maximum Gasteiger partial charge on any atom is 0.290 e. The second kappa shape index (κ2) is 6.74. The zero-order valence-corrected chi connectivity index (χ0v) is 12.4. The molecular formula is C17H13FN4O2. The maximum atomic E-state index is 12.9. The minimum Gasteiger partial charge on any atom is -0.267 e. The second-order valence-electron chi connectivity index (χ2n) is 4.90. The summed E-state index contributed by atoms with van der Waals surface area (Å²) in [4.78, 5) is 23.9. The van der Waals surface area contributed by atoms with Crippen LogP contribution in [0.15, 0.2) is 66.9 Å². The molecule has 24 heavy (non-hydrogen) atoms. The van der Waals surface area contributed by atoms with Crippen molar-refractivity contribution >= 4 is 11.8 Å². The molecule has 0 aliphatic rings. The van der Waals surface area contributed by atoms with Crippen LogP contribution in [0.5, 0.6) is 0 Å². The highest BCUT2D eigenvalue weighted by Crippen LogP contribution is 2.08.